The van der Waals surface area contributed by atoms with E-state index in [0.29, 0.717) is 6.10 Å². The summed E-state index contributed by atoms with van der Waals surface area (Å²) in [5.41, 5.74) is 0. The number of hydrogen-bond donors (Lipinski definition) is 2. The van der Waals surface area contributed by atoms with E-state index >= 15 is 0 Å². The van der Waals surface area contributed by atoms with Crippen LogP contribution in [0, 0.1) is 0 Å². The Morgan fingerprint density at radius 3 is 2.47 bits per heavy atom. The molecule has 0 spiro atoms. The summed E-state index contributed by atoms with van der Waals surface area (Å²) < 4.78 is 6.61. The van der Waals surface area contributed by atoms with Gasteiger partial charge in [0.2, 0.25) is 5.88 Å². The van der Waals surface area contributed by atoms with Crippen molar-refractivity contribution < 1.29 is 9.84 Å². The quantitative estimate of drug-likeness (QED) is 0.875. The molecule has 3 rings (SSSR count). The first kappa shape index (κ1) is 14.8. The number of hydrogen-bond acceptors (Lipinski definition) is 4. The molecule has 2 heterocycles. The van der Waals surface area contributed by atoms with E-state index in [2.05, 4.69) is 26.2 Å². The van der Waals surface area contributed by atoms with Crippen molar-refractivity contribution >= 4 is 15.9 Å². The van der Waals surface area contributed by atoms with Crippen LogP contribution in [0.25, 0.3) is 0 Å². The van der Waals surface area contributed by atoms with E-state index < -0.39 is 0 Å². The zero-order valence-electron chi connectivity index (χ0n) is 11.0. The number of aromatic nitrogens is 1. The van der Waals surface area contributed by atoms with Gasteiger partial charge in [0, 0.05) is 16.7 Å². The standard InChI is InChI=1S/C9H10BrNO.C5H11NO/c10-7-4-5-11-9(6-7)12-8-2-1-3-8;7-5-1-3-6-4-2-5/h4-6,8H,1-3H2;5-7H,1-4H2. The second-order valence-corrected chi connectivity index (χ2v) is 5.88. The lowest BCUT2D eigenvalue weighted by Crippen LogP contribution is -2.30. The van der Waals surface area contributed by atoms with Crippen LogP contribution in [0.2, 0.25) is 0 Å². The van der Waals surface area contributed by atoms with Gasteiger partial charge in [0.05, 0.1) is 6.10 Å². The molecule has 0 aromatic carbocycles. The SMILES string of the molecule is Brc1ccnc(OC2CCC2)c1.OC1CCNCC1. The lowest BCUT2D eigenvalue weighted by molar-refractivity contribution is 0.114. The first-order valence-electron chi connectivity index (χ1n) is 6.91. The summed E-state index contributed by atoms with van der Waals surface area (Å²) in [6, 6.07) is 3.80. The van der Waals surface area contributed by atoms with Crippen LogP contribution in [0.4, 0.5) is 0 Å². The fourth-order valence-electron chi connectivity index (χ4n) is 1.92. The van der Waals surface area contributed by atoms with E-state index in [9.17, 15) is 0 Å². The van der Waals surface area contributed by atoms with Crippen molar-refractivity contribution in [2.45, 2.75) is 44.3 Å². The molecule has 2 aliphatic rings. The van der Waals surface area contributed by atoms with Crippen molar-refractivity contribution in [3.05, 3.63) is 22.8 Å². The van der Waals surface area contributed by atoms with E-state index in [0.717, 1.165) is 36.3 Å². The molecule has 5 heteroatoms. The molecule has 0 radical (unpaired) electrons. The fourth-order valence-corrected chi connectivity index (χ4v) is 2.23. The van der Waals surface area contributed by atoms with Gasteiger partial charge in [0.1, 0.15) is 6.10 Å². The molecule has 0 atom stereocenters. The molecule has 1 aliphatic carbocycles. The predicted molar refractivity (Wildman–Crippen MR) is 78.3 cm³/mol. The molecule has 19 heavy (non-hydrogen) atoms. The largest absolute Gasteiger partial charge is 0.474 e. The normalized spacial score (nSPS) is 20.1. The summed E-state index contributed by atoms with van der Waals surface area (Å²) in [6.45, 7) is 1.97. The van der Waals surface area contributed by atoms with Crippen molar-refractivity contribution in [3.63, 3.8) is 0 Å². The number of piperidine rings is 1. The topological polar surface area (TPSA) is 54.4 Å². The van der Waals surface area contributed by atoms with E-state index in [-0.39, 0.29) is 6.10 Å². The summed E-state index contributed by atoms with van der Waals surface area (Å²) in [6.07, 6.45) is 7.63. The molecule has 1 aliphatic heterocycles. The number of rotatable bonds is 2. The molecule has 1 aromatic rings. The van der Waals surface area contributed by atoms with Gasteiger partial charge in [-0.2, -0.15) is 0 Å². The van der Waals surface area contributed by atoms with Gasteiger partial charge in [-0.25, -0.2) is 4.98 Å². The highest BCUT2D eigenvalue weighted by Gasteiger charge is 2.19. The van der Waals surface area contributed by atoms with Crippen LogP contribution in [0.3, 0.4) is 0 Å². The van der Waals surface area contributed by atoms with Gasteiger partial charge in [0.25, 0.3) is 0 Å². The van der Waals surface area contributed by atoms with E-state index in [1.807, 2.05) is 12.1 Å². The van der Waals surface area contributed by atoms with Crippen LogP contribution in [0.1, 0.15) is 32.1 Å². The molecule has 106 valence electrons. The first-order valence-corrected chi connectivity index (χ1v) is 7.70. The maximum absolute atomic E-state index is 8.87. The third kappa shape index (κ3) is 5.47. The highest BCUT2D eigenvalue weighted by atomic mass is 79.9. The van der Waals surface area contributed by atoms with Crippen molar-refractivity contribution in [1.29, 1.82) is 0 Å². The van der Waals surface area contributed by atoms with Gasteiger partial charge in [0.15, 0.2) is 0 Å². The maximum Gasteiger partial charge on any atom is 0.214 e. The van der Waals surface area contributed by atoms with E-state index in [1.54, 1.807) is 6.20 Å². The minimum absolute atomic E-state index is 0.0266. The van der Waals surface area contributed by atoms with Crippen LogP contribution in [0.5, 0.6) is 5.88 Å². The summed E-state index contributed by atoms with van der Waals surface area (Å²) >= 11 is 3.37. The summed E-state index contributed by atoms with van der Waals surface area (Å²) in [7, 11) is 0. The number of ether oxygens (including phenoxy) is 1. The Morgan fingerprint density at radius 1 is 1.26 bits per heavy atom. The summed E-state index contributed by atoms with van der Waals surface area (Å²) in [5.74, 6) is 0.731. The lowest BCUT2D eigenvalue weighted by atomic mass is 9.96. The fraction of sp³-hybridized carbons (Fsp3) is 0.643. The molecule has 0 unspecified atom stereocenters. The zero-order valence-corrected chi connectivity index (χ0v) is 12.6. The summed E-state index contributed by atoms with van der Waals surface area (Å²) in [5, 5.41) is 12.0. The van der Waals surface area contributed by atoms with Crippen molar-refractivity contribution in [2.24, 2.45) is 0 Å². The van der Waals surface area contributed by atoms with Crippen LogP contribution in [-0.4, -0.2) is 35.4 Å². The number of nitrogens with one attached hydrogen (secondary N) is 1. The Bertz CT molecular complexity index is 379. The molecular formula is C14H21BrN2O2. The van der Waals surface area contributed by atoms with Crippen molar-refractivity contribution in [2.75, 3.05) is 13.1 Å². The monoisotopic (exact) mass is 328 g/mol. The molecule has 2 N–H and O–H groups in total. The van der Waals surface area contributed by atoms with Gasteiger partial charge >= 0.3 is 0 Å². The van der Waals surface area contributed by atoms with Crippen LogP contribution >= 0.6 is 15.9 Å². The molecule has 1 aromatic heterocycles. The molecular weight excluding hydrogens is 308 g/mol. The number of pyridine rings is 1. The van der Waals surface area contributed by atoms with E-state index in [1.165, 1.54) is 19.3 Å². The molecule has 1 saturated heterocycles. The Kier molecular flexibility index (Phi) is 6.07. The molecule has 2 fully saturated rings. The van der Waals surface area contributed by atoms with E-state index in [4.69, 9.17) is 9.84 Å². The van der Waals surface area contributed by atoms with Gasteiger partial charge in [-0.15, -0.1) is 0 Å². The number of aliphatic hydroxyl groups is 1. The van der Waals surface area contributed by atoms with Crippen molar-refractivity contribution in [1.82, 2.24) is 10.3 Å². The third-order valence-corrected chi connectivity index (χ3v) is 3.84. The third-order valence-electron chi connectivity index (χ3n) is 3.35. The maximum atomic E-state index is 8.87. The Balaban J connectivity index is 0.000000163. The second kappa shape index (κ2) is 7.82. The van der Waals surface area contributed by atoms with Gasteiger partial charge < -0.3 is 15.2 Å². The average molecular weight is 329 g/mol. The average Bonchev–Trinajstić information content (AvgIpc) is 2.36. The molecule has 0 amide bonds. The molecule has 0 bridgehead atoms. The lowest BCUT2D eigenvalue weighted by Gasteiger charge is -2.25. The zero-order chi connectivity index (χ0) is 13.5. The number of nitrogens with zero attached hydrogens (tertiary/aromatic N) is 1. The smallest absolute Gasteiger partial charge is 0.214 e. The highest BCUT2D eigenvalue weighted by molar-refractivity contribution is 9.10. The van der Waals surface area contributed by atoms with Gasteiger partial charge in [-0.3, -0.25) is 0 Å². The van der Waals surface area contributed by atoms with Crippen LogP contribution in [-0.2, 0) is 0 Å². The van der Waals surface area contributed by atoms with Gasteiger partial charge in [-0.1, -0.05) is 15.9 Å². The Morgan fingerprint density at radius 2 is 2.00 bits per heavy atom. The van der Waals surface area contributed by atoms with Crippen molar-refractivity contribution in [3.8, 4) is 5.88 Å². The molecule has 4 nitrogen and oxygen atoms in total. The number of halogens is 1. The minimum Gasteiger partial charge on any atom is -0.474 e. The predicted octanol–water partition coefficient (Wildman–Crippen LogP) is 2.51. The Hall–Kier alpha value is -0.650. The first-order chi connectivity index (χ1) is 9.24. The van der Waals surface area contributed by atoms with Gasteiger partial charge in [-0.05, 0) is 51.3 Å². The highest BCUT2D eigenvalue weighted by Crippen LogP contribution is 2.24. The summed E-state index contributed by atoms with van der Waals surface area (Å²) in [4.78, 5) is 4.11. The molecule has 1 saturated carbocycles. The Labute approximate surface area is 122 Å². The number of aliphatic hydroxyl groups excluding tert-OH is 1. The second-order valence-electron chi connectivity index (χ2n) is 4.96. The minimum atomic E-state index is -0.0266. The van der Waals surface area contributed by atoms with Crippen LogP contribution < -0.4 is 10.1 Å². The van der Waals surface area contributed by atoms with Crippen LogP contribution in [0.15, 0.2) is 22.8 Å².